The molecule has 2 N–H and O–H groups in total. The summed E-state index contributed by atoms with van der Waals surface area (Å²) in [5.74, 6) is -1.37. The number of nitrogens with zero attached hydrogens (tertiary/aromatic N) is 1. The highest BCUT2D eigenvalue weighted by Crippen LogP contribution is 2.36. The zero-order valence-corrected chi connectivity index (χ0v) is 16.3. The van der Waals surface area contributed by atoms with Crippen LogP contribution in [0.15, 0.2) is 54.2 Å². The van der Waals surface area contributed by atoms with Crippen molar-refractivity contribution in [2.45, 2.75) is 12.7 Å². The number of carbonyl (C=O) groups excluding carboxylic acids is 2. The summed E-state index contributed by atoms with van der Waals surface area (Å²) < 4.78 is 43.3. The van der Waals surface area contributed by atoms with Crippen molar-refractivity contribution in [2.24, 2.45) is 0 Å². The van der Waals surface area contributed by atoms with Crippen LogP contribution in [0, 0.1) is 11.3 Å². The molecule has 1 amide bonds. The molecule has 0 atom stereocenters. The minimum Gasteiger partial charge on any atom is -0.465 e. The van der Waals surface area contributed by atoms with Crippen molar-refractivity contribution < 1.29 is 27.5 Å². The van der Waals surface area contributed by atoms with E-state index >= 15 is 0 Å². The second-order valence-electron chi connectivity index (χ2n) is 5.89. The Hall–Kier alpha value is -3.51. The summed E-state index contributed by atoms with van der Waals surface area (Å²) in [6, 6.07) is 11.0. The minimum absolute atomic E-state index is 0.156. The van der Waals surface area contributed by atoms with Crippen LogP contribution in [0.2, 0.25) is 5.02 Å². The Balaban J connectivity index is 2.03. The van der Waals surface area contributed by atoms with E-state index in [0.717, 1.165) is 17.8 Å². The molecule has 2 aromatic carbocycles. The summed E-state index contributed by atoms with van der Waals surface area (Å²) in [4.78, 5) is 23.6. The molecule has 0 heterocycles. The fourth-order valence-electron chi connectivity index (χ4n) is 2.31. The Labute approximate surface area is 174 Å². The van der Waals surface area contributed by atoms with Gasteiger partial charge in [0, 0.05) is 18.4 Å². The van der Waals surface area contributed by atoms with Gasteiger partial charge in [0.15, 0.2) is 0 Å². The number of ether oxygens (including phenoxy) is 1. The second kappa shape index (κ2) is 9.80. The van der Waals surface area contributed by atoms with Crippen molar-refractivity contribution in [3.63, 3.8) is 0 Å². The lowest BCUT2D eigenvalue weighted by molar-refractivity contribution is -0.137. The predicted octanol–water partition coefficient (Wildman–Crippen LogP) is 4.28. The minimum atomic E-state index is -4.68. The van der Waals surface area contributed by atoms with Gasteiger partial charge >= 0.3 is 12.1 Å². The number of hydrogen-bond acceptors (Lipinski definition) is 5. The summed E-state index contributed by atoms with van der Waals surface area (Å²) in [6.45, 7) is 0.235. The number of alkyl halides is 3. The Morgan fingerprint density at radius 1 is 1.20 bits per heavy atom. The number of benzene rings is 2. The number of halogens is 4. The maximum Gasteiger partial charge on any atom is 0.417 e. The van der Waals surface area contributed by atoms with Crippen LogP contribution in [0.25, 0.3) is 0 Å². The molecule has 0 aromatic heterocycles. The molecule has 0 spiro atoms. The molecule has 0 fully saturated rings. The first-order valence-corrected chi connectivity index (χ1v) is 8.72. The topological polar surface area (TPSA) is 91.2 Å². The normalized spacial score (nSPS) is 11.4. The Morgan fingerprint density at radius 2 is 1.87 bits per heavy atom. The Morgan fingerprint density at radius 3 is 2.43 bits per heavy atom. The fraction of sp³-hybridized carbons (Fsp3) is 0.150. The number of rotatable bonds is 6. The molecule has 0 bridgehead atoms. The van der Waals surface area contributed by atoms with Crippen LogP contribution in [0.4, 0.5) is 18.9 Å². The molecule has 30 heavy (non-hydrogen) atoms. The summed E-state index contributed by atoms with van der Waals surface area (Å²) in [5, 5.41) is 13.6. The monoisotopic (exact) mass is 437 g/mol. The molecule has 0 aliphatic rings. The van der Waals surface area contributed by atoms with Gasteiger partial charge in [-0.05, 0) is 35.9 Å². The van der Waals surface area contributed by atoms with E-state index in [4.69, 9.17) is 16.9 Å². The van der Waals surface area contributed by atoms with Gasteiger partial charge in [0.05, 0.1) is 23.3 Å². The van der Waals surface area contributed by atoms with Gasteiger partial charge in [-0.1, -0.05) is 23.7 Å². The van der Waals surface area contributed by atoms with Crippen LogP contribution in [0.3, 0.4) is 0 Å². The van der Waals surface area contributed by atoms with Crippen LogP contribution in [-0.2, 0) is 22.3 Å². The van der Waals surface area contributed by atoms with E-state index in [1.807, 2.05) is 0 Å². The summed E-state index contributed by atoms with van der Waals surface area (Å²) in [5.41, 5.74) is -0.474. The number of esters is 1. The van der Waals surface area contributed by atoms with Gasteiger partial charge in [-0.3, -0.25) is 4.79 Å². The summed E-state index contributed by atoms with van der Waals surface area (Å²) in [6.07, 6.45) is -3.54. The predicted molar refractivity (Wildman–Crippen MR) is 103 cm³/mol. The zero-order chi connectivity index (χ0) is 22.3. The van der Waals surface area contributed by atoms with Gasteiger partial charge in [-0.25, -0.2) is 4.79 Å². The van der Waals surface area contributed by atoms with Crippen molar-refractivity contribution >= 4 is 29.2 Å². The van der Waals surface area contributed by atoms with E-state index in [2.05, 4.69) is 15.4 Å². The first-order valence-electron chi connectivity index (χ1n) is 8.34. The third kappa shape index (κ3) is 5.99. The highest BCUT2D eigenvalue weighted by atomic mass is 35.5. The number of amides is 1. The number of nitriles is 1. The largest absolute Gasteiger partial charge is 0.465 e. The molecular weight excluding hydrogens is 423 g/mol. The highest BCUT2D eigenvalue weighted by molar-refractivity contribution is 6.31. The van der Waals surface area contributed by atoms with E-state index in [1.165, 1.54) is 13.2 Å². The zero-order valence-electron chi connectivity index (χ0n) is 15.5. The average Bonchev–Trinajstić information content (AvgIpc) is 2.71. The third-order valence-electron chi connectivity index (χ3n) is 3.82. The smallest absolute Gasteiger partial charge is 0.417 e. The standard InChI is InChI=1S/C20H15ClF3N3O3/c1-30-19(29)13-4-2-12(3-5-13)10-26-11-14(9-25)18(28)27-15-6-7-17(21)16(8-15)20(22,23)24/h2-8,11,26H,10H2,1H3,(H,27,28)/b14-11-. The molecule has 0 radical (unpaired) electrons. The van der Waals surface area contributed by atoms with Crippen LogP contribution >= 0.6 is 11.6 Å². The molecule has 2 rings (SSSR count). The van der Waals surface area contributed by atoms with Gasteiger partial charge in [0.25, 0.3) is 5.91 Å². The number of methoxy groups -OCH3 is 1. The SMILES string of the molecule is COC(=O)c1ccc(CN/C=C(/C#N)C(=O)Nc2ccc(Cl)c(C(F)(F)F)c2)cc1. The van der Waals surface area contributed by atoms with Crippen LogP contribution < -0.4 is 10.6 Å². The van der Waals surface area contributed by atoms with E-state index < -0.39 is 28.6 Å². The van der Waals surface area contributed by atoms with Crippen molar-refractivity contribution in [1.82, 2.24) is 5.32 Å². The number of nitrogens with one attached hydrogen (secondary N) is 2. The van der Waals surface area contributed by atoms with Crippen molar-refractivity contribution in [3.05, 3.63) is 76.0 Å². The van der Waals surface area contributed by atoms with E-state index in [-0.39, 0.29) is 17.8 Å². The Kier molecular flexibility index (Phi) is 7.44. The van der Waals surface area contributed by atoms with Gasteiger partial charge in [-0.15, -0.1) is 0 Å². The van der Waals surface area contributed by atoms with Crippen molar-refractivity contribution in [2.75, 3.05) is 12.4 Å². The van der Waals surface area contributed by atoms with E-state index in [0.29, 0.717) is 11.6 Å². The molecule has 6 nitrogen and oxygen atoms in total. The molecule has 0 aliphatic carbocycles. The first kappa shape index (κ1) is 22.8. The highest BCUT2D eigenvalue weighted by Gasteiger charge is 2.33. The molecule has 0 saturated carbocycles. The third-order valence-corrected chi connectivity index (χ3v) is 4.15. The lowest BCUT2D eigenvalue weighted by Crippen LogP contribution is -2.17. The van der Waals surface area contributed by atoms with Crippen LogP contribution in [0.5, 0.6) is 0 Å². The second-order valence-corrected chi connectivity index (χ2v) is 6.29. The number of hydrogen-bond donors (Lipinski definition) is 2. The van der Waals surface area contributed by atoms with Gasteiger partial charge in [-0.2, -0.15) is 18.4 Å². The molecule has 0 saturated heterocycles. The van der Waals surface area contributed by atoms with Gasteiger partial charge in [0.1, 0.15) is 11.6 Å². The first-order chi connectivity index (χ1) is 14.2. The molecule has 0 aliphatic heterocycles. The molecular formula is C20H15ClF3N3O3. The quantitative estimate of drug-likeness (QED) is 0.400. The van der Waals surface area contributed by atoms with E-state index in [9.17, 15) is 22.8 Å². The summed E-state index contributed by atoms with van der Waals surface area (Å²) in [7, 11) is 1.27. The van der Waals surface area contributed by atoms with Crippen LogP contribution in [0.1, 0.15) is 21.5 Å². The average molecular weight is 438 g/mol. The van der Waals surface area contributed by atoms with E-state index in [1.54, 1.807) is 30.3 Å². The molecule has 2 aromatic rings. The van der Waals surface area contributed by atoms with Crippen LogP contribution in [-0.4, -0.2) is 19.0 Å². The fourth-order valence-corrected chi connectivity index (χ4v) is 2.54. The maximum absolute atomic E-state index is 12.9. The number of carbonyl (C=O) groups is 2. The maximum atomic E-state index is 12.9. The summed E-state index contributed by atoms with van der Waals surface area (Å²) >= 11 is 5.54. The molecule has 10 heteroatoms. The molecule has 156 valence electrons. The lowest BCUT2D eigenvalue weighted by Gasteiger charge is -2.11. The van der Waals surface area contributed by atoms with Gasteiger partial charge in [0.2, 0.25) is 0 Å². The Bertz CT molecular complexity index is 1010. The molecule has 0 unspecified atom stereocenters. The number of anilines is 1. The van der Waals surface area contributed by atoms with Crippen molar-refractivity contribution in [3.8, 4) is 6.07 Å². The van der Waals surface area contributed by atoms with Crippen molar-refractivity contribution in [1.29, 1.82) is 5.26 Å². The lowest BCUT2D eigenvalue weighted by atomic mass is 10.1. The van der Waals surface area contributed by atoms with Gasteiger partial charge < -0.3 is 15.4 Å².